The van der Waals surface area contributed by atoms with Crippen molar-refractivity contribution in [2.45, 2.75) is 13.1 Å². The van der Waals surface area contributed by atoms with Gasteiger partial charge in [0.1, 0.15) is 11.5 Å². The molecule has 0 unspecified atom stereocenters. The highest BCUT2D eigenvalue weighted by Crippen LogP contribution is 2.42. The molecular formula is C15H10Cl2F3NO4. The van der Waals surface area contributed by atoms with Crippen LogP contribution in [0.4, 0.5) is 18.9 Å². The minimum Gasteiger partial charge on any atom is -0.487 e. The Morgan fingerprint density at radius 3 is 2.24 bits per heavy atom. The SMILES string of the molecule is CCOc1cc(Oc2ccc(C(F)(F)F)cc2Cl)c(Cl)cc1[N+](=O)[O-]. The van der Waals surface area contributed by atoms with E-state index in [1.807, 2.05) is 0 Å². The Morgan fingerprint density at radius 1 is 1.08 bits per heavy atom. The fourth-order valence-electron chi connectivity index (χ4n) is 1.89. The van der Waals surface area contributed by atoms with Gasteiger partial charge >= 0.3 is 11.9 Å². The Balaban J connectivity index is 2.40. The summed E-state index contributed by atoms with van der Waals surface area (Å²) >= 11 is 11.8. The molecular weight excluding hydrogens is 386 g/mol. The largest absolute Gasteiger partial charge is 0.487 e. The van der Waals surface area contributed by atoms with Gasteiger partial charge in [-0.25, -0.2) is 0 Å². The van der Waals surface area contributed by atoms with Crippen molar-refractivity contribution in [1.82, 2.24) is 0 Å². The standard InChI is InChI=1S/C15H10Cl2F3NO4/c1-2-24-14-7-13(10(17)6-11(14)21(22)23)25-12-4-3-8(5-9(12)16)15(18,19)20/h3-7H,2H2,1H3. The highest BCUT2D eigenvalue weighted by atomic mass is 35.5. The lowest BCUT2D eigenvalue weighted by molar-refractivity contribution is -0.385. The molecule has 25 heavy (non-hydrogen) atoms. The topological polar surface area (TPSA) is 61.6 Å². The molecule has 0 radical (unpaired) electrons. The van der Waals surface area contributed by atoms with Crippen molar-refractivity contribution in [2.75, 3.05) is 6.61 Å². The molecule has 2 aromatic carbocycles. The number of alkyl halides is 3. The number of benzene rings is 2. The van der Waals surface area contributed by atoms with Crippen LogP contribution in [0.3, 0.4) is 0 Å². The monoisotopic (exact) mass is 395 g/mol. The molecule has 0 heterocycles. The zero-order valence-electron chi connectivity index (χ0n) is 12.6. The second-order valence-corrected chi connectivity index (χ2v) is 5.50. The number of hydrogen-bond donors (Lipinski definition) is 0. The predicted octanol–water partition coefficient (Wildman–Crippen LogP) is 6.11. The molecule has 0 aliphatic carbocycles. The van der Waals surface area contributed by atoms with Gasteiger partial charge in [-0.1, -0.05) is 23.2 Å². The fourth-order valence-corrected chi connectivity index (χ4v) is 2.31. The number of hydrogen-bond acceptors (Lipinski definition) is 4. The summed E-state index contributed by atoms with van der Waals surface area (Å²) < 4.78 is 48.5. The van der Waals surface area contributed by atoms with Crippen LogP contribution in [-0.2, 0) is 6.18 Å². The molecule has 2 aromatic rings. The van der Waals surface area contributed by atoms with Gasteiger partial charge in [-0.15, -0.1) is 0 Å². The lowest BCUT2D eigenvalue weighted by Gasteiger charge is -2.13. The molecule has 2 rings (SSSR count). The number of halogens is 5. The average molecular weight is 396 g/mol. The number of nitro groups is 1. The molecule has 0 aliphatic rings. The Labute approximate surface area is 150 Å². The fraction of sp³-hybridized carbons (Fsp3) is 0.200. The van der Waals surface area contributed by atoms with Gasteiger partial charge in [0.2, 0.25) is 5.75 Å². The van der Waals surface area contributed by atoms with Crippen molar-refractivity contribution < 1.29 is 27.6 Å². The number of ether oxygens (including phenoxy) is 2. The summed E-state index contributed by atoms with van der Waals surface area (Å²) in [6.45, 7) is 1.79. The predicted molar refractivity (Wildman–Crippen MR) is 85.8 cm³/mol. The highest BCUT2D eigenvalue weighted by molar-refractivity contribution is 6.33. The molecule has 0 aromatic heterocycles. The van der Waals surface area contributed by atoms with Crippen LogP contribution < -0.4 is 9.47 Å². The summed E-state index contributed by atoms with van der Waals surface area (Å²) in [6, 6.07) is 4.74. The molecule has 5 nitrogen and oxygen atoms in total. The van der Waals surface area contributed by atoms with Crippen LogP contribution in [0.1, 0.15) is 12.5 Å². The maximum Gasteiger partial charge on any atom is 0.416 e. The first-order chi connectivity index (χ1) is 11.6. The summed E-state index contributed by atoms with van der Waals surface area (Å²) in [5, 5.41) is 10.6. The van der Waals surface area contributed by atoms with Crippen LogP contribution in [0.5, 0.6) is 17.2 Å². The second kappa shape index (κ2) is 7.37. The zero-order chi connectivity index (χ0) is 18.8. The van der Waals surface area contributed by atoms with E-state index in [1.54, 1.807) is 6.92 Å². The third-order valence-electron chi connectivity index (χ3n) is 2.99. The van der Waals surface area contributed by atoms with Crippen molar-refractivity contribution in [3.8, 4) is 17.2 Å². The molecule has 0 spiro atoms. The van der Waals surface area contributed by atoms with Crippen molar-refractivity contribution in [3.05, 3.63) is 56.1 Å². The number of nitrogens with zero attached hydrogens (tertiary/aromatic N) is 1. The van der Waals surface area contributed by atoms with Crippen molar-refractivity contribution in [1.29, 1.82) is 0 Å². The van der Waals surface area contributed by atoms with E-state index in [1.165, 1.54) is 6.07 Å². The van der Waals surface area contributed by atoms with Gasteiger partial charge in [0.25, 0.3) is 0 Å². The van der Waals surface area contributed by atoms with Crippen LogP contribution in [0.25, 0.3) is 0 Å². The number of rotatable bonds is 5. The highest BCUT2D eigenvalue weighted by Gasteiger charge is 2.31. The third kappa shape index (κ3) is 4.46. The van der Waals surface area contributed by atoms with Crippen molar-refractivity contribution >= 4 is 28.9 Å². The quantitative estimate of drug-likeness (QED) is 0.452. The Kier molecular flexibility index (Phi) is 5.64. The van der Waals surface area contributed by atoms with Gasteiger partial charge in [-0.2, -0.15) is 13.2 Å². The minimum atomic E-state index is -4.55. The van der Waals surface area contributed by atoms with Crippen LogP contribution >= 0.6 is 23.2 Å². The van der Waals surface area contributed by atoms with Gasteiger partial charge in [-0.3, -0.25) is 10.1 Å². The van der Waals surface area contributed by atoms with E-state index in [0.717, 1.165) is 18.2 Å². The van der Waals surface area contributed by atoms with E-state index in [-0.39, 0.29) is 39.6 Å². The van der Waals surface area contributed by atoms with E-state index in [2.05, 4.69) is 0 Å². The van der Waals surface area contributed by atoms with Crippen LogP contribution in [0, 0.1) is 10.1 Å². The molecule has 0 saturated carbocycles. The maximum atomic E-state index is 12.6. The Hall–Kier alpha value is -2.19. The van der Waals surface area contributed by atoms with Crippen molar-refractivity contribution in [3.63, 3.8) is 0 Å². The lowest BCUT2D eigenvalue weighted by Crippen LogP contribution is -2.04. The van der Waals surface area contributed by atoms with Crippen LogP contribution in [0.2, 0.25) is 10.0 Å². The summed E-state index contributed by atoms with van der Waals surface area (Å²) in [5.41, 5.74) is -1.30. The van der Waals surface area contributed by atoms with Crippen molar-refractivity contribution in [2.24, 2.45) is 0 Å². The minimum absolute atomic E-state index is 0.0441. The summed E-state index contributed by atoms with van der Waals surface area (Å²) in [6.07, 6.45) is -4.55. The van der Waals surface area contributed by atoms with Gasteiger partial charge in [0.15, 0.2) is 0 Å². The molecule has 0 bridgehead atoms. The summed E-state index contributed by atoms with van der Waals surface area (Å²) in [7, 11) is 0. The maximum absolute atomic E-state index is 12.6. The Bertz CT molecular complexity index is 812. The lowest BCUT2D eigenvalue weighted by atomic mass is 10.2. The summed E-state index contributed by atoms with van der Waals surface area (Å²) in [5.74, 6) is -0.222. The molecule has 10 heteroatoms. The molecule has 0 fully saturated rings. The third-order valence-corrected chi connectivity index (χ3v) is 3.58. The van der Waals surface area contributed by atoms with E-state index < -0.39 is 16.7 Å². The average Bonchev–Trinajstić information content (AvgIpc) is 2.51. The molecule has 0 aliphatic heterocycles. The molecule has 0 N–H and O–H groups in total. The Morgan fingerprint density at radius 2 is 1.72 bits per heavy atom. The number of nitro benzene ring substituents is 1. The first-order valence-electron chi connectivity index (χ1n) is 6.78. The van der Waals surface area contributed by atoms with Gasteiger partial charge < -0.3 is 9.47 Å². The summed E-state index contributed by atoms with van der Waals surface area (Å²) in [4.78, 5) is 10.3. The smallest absolute Gasteiger partial charge is 0.416 e. The van der Waals surface area contributed by atoms with Gasteiger partial charge in [0.05, 0.1) is 27.1 Å². The van der Waals surface area contributed by atoms with E-state index in [0.29, 0.717) is 6.07 Å². The van der Waals surface area contributed by atoms with Crippen LogP contribution in [0.15, 0.2) is 30.3 Å². The normalized spacial score (nSPS) is 11.3. The van der Waals surface area contributed by atoms with Crippen LogP contribution in [-0.4, -0.2) is 11.5 Å². The van der Waals surface area contributed by atoms with Gasteiger partial charge in [0, 0.05) is 12.1 Å². The second-order valence-electron chi connectivity index (χ2n) is 4.69. The van der Waals surface area contributed by atoms with E-state index in [4.69, 9.17) is 32.7 Å². The molecule has 134 valence electrons. The zero-order valence-corrected chi connectivity index (χ0v) is 14.1. The van der Waals surface area contributed by atoms with Gasteiger partial charge in [-0.05, 0) is 25.1 Å². The molecule has 0 atom stereocenters. The first kappa shape index (κ1) is 19.1. The molecule has 0 amide bonds. The van der Waals surface area contributed by atoms with E-state index >= 15 is 0 Å². The first-order valence-corrected chi connectivity index (χ1v) is 7.54. The van der Waals surface area contributed by atoms with E-state index in [9.17, 15) is 23.3 Å². The molecule has 0 saturated heterocycles.